The molecule has 2 atom stereocenters. The van der Waals surface area contributed by atoms with Gasteiger partial charge in [-0.2, -0.15) is 0 Å². The van der Waals surface area contributed by atoms with Gasteiger partial charge in [-0.1, -0.05) is 6.42 Å². The van der Waals surface area contributed by atoms with Crippen LogP contribution in [0.25, 0.3) is 0 Å². The average molecular weight is 185 g/mol. The molecule has 2 aliphatic rings. The van der Waals surface area contributed by atoms with Crippen LogP contribution in [0.1, 0.15) is 19.3 Å². The summed E-state index contributed by atoms with van der Waals surface area (Å²) in [5, 5.41) is 3.25. The van der Waals surface area contributed by atoms with Crippen molar-refractivity contribution in [3.05, 3.63) is 0 Å². The van der Waals surface area contributed by atoms with E-state index in [1.165, 1.54) is 19.3 Å². The molecule has 0 aromatic heterocycles. The lowest BCUT2D eigenvalue weighted by atomic mass is 9.95. The van der Waals surface area contributed by atoms with Gasteiger partial charge in [0.25, 0.3) is 0 Å². The third-order valence-corrected chi connectivity index (χ3v) is 3.18. The maximum Gasteiger partial charge on any atom is 0.160 e. The predicted molar refractivity (Wildman–Crippen MR) is 50.4 cm³/mol. The van der Waals surface area contributed by atoms with Crippen molar-refractivity contribution >= 4 is 0 Å². The average Bonchev–Trinajstić information content (AvgIpc) is 2.71. The van der Waals surface area contributed by atoms with E-state index in [-0.39, 0.29) is 6.29 Å². The molecular weight excluding hydrogens is 166 g/mol. The molecule has 3 heteroatoms. The Hall–Kier alpha value is -0.120. The molecule has 1 saturated carbocycles. The molecule has 0 unspecified atom stereocenters. The van der Waals surface area contributed by atoms with E-state index in [1.807, 2.05) is 7.05 Å². The van der Waals surface area contributed by atoms with Crippen molar-refractivity contribution in [2.24, 2.45) is 11.8 Å². The van der Waals surface area contributed by atoms with Gasteiger partial charge in [-0.3, -0.25) is 0 Å². The molecule has 1 aliphatic heterocycles. The van der Waals surface area contributed by atoms with Crippen LogP contribution in [-0.4, -0.2) is 33.1 Å². The standard InChI is InChI=1S/C10H19NO2/c1-11-7-8-3-2-4-9(8)10-12-5-6-13-10/h8-11H,2-7H2,1H3/t8-,9+/m0/s1. The molecule has 0 spiro atoms. The zero-order valence-electron chi connectivity index (χ0n) is 8.29. The summed E-state index contributed by atoms with van der Waals surface area (Å²) in [4.78, 5) is 0. The Morgan fingerprint density at radius 2 is 2.00 bits per heavy atom. The van der Waals surface area contributed by atoms with Gasteiger partial charge in [-0.15, -0.1) is 0 Å². The molecule has 0 aromatic carbocycles. The quantitative estimate of drug-likeness (QED) is 0.711. The van der Waals surface area contributed by atoms with E-state index in [1.54, 1.807) is 0 Å². The first-order chi connectivity index (χ1) is 6.42. The van der Waals surface area contributed by atoms with E-state index in [0.717, 1.165) is 25.7 Å². The zero-order chi connectivity index (χ0) is 9.10. The van der Waals surface area contributed by atoms with Crippen LogP contribution < -0.4 is 5.32 Å². The summed E-state index contributed by atoms with van der Waals surface area (Å²) in [7, 11) is 2.02. The van der Waals surface area contributed by atoms with Gasteiger partial charge in [0.05, 0.1) is 13.2 Å². The molecule has 13 heavy (non-hydrogen) atoms. The highest BCUT2D eigenvalue weighted by Crippen LogP contribution is 2.36. The maximum atomic E-state index is 5.56. The summed E-state index contributed by atoms with van der Waals surface area (Å²) in [6.45, 7) is 2.68. The van der Waals surface area contributed by atoms with E-state index >= 15 is 0 Å². The minimum absolute atomic E-state index is 0.0980. The van der Waals surface area contributed by atoms with E-state index in [4.69, 9.17) is 9.47 Å². The van der Waals surface area contributed by atoms with Crippen molar-refractivity contribution < 1.29 is 9.47 Å². The third-order valence-electron chi connectivity index (χ3n) is 3.18. The summed E-state index contributed by atoms with van der Waals surface area (Å²) in [5.41, 5.74) is 0. The van der Waals surface area contributed by atoms with Gasteiger partial charge in [0.1, 0.15) is 0 Å². The van der Waals surface area contributed by atoms with Crippen molar-refractivity contribution in [2.75, 3.05) is 26.8 Å². The second-order valence-corrected chi connectivity index (χ2v) is 4.02. The Labute approximate surface area is 79.8 Å². The predicted octanol–water partition coefficient (Wildman–Crippen LogP) is 0.995. The maximum absolute atomic E-state index is 5.56. The molecule has 0 aromatic rings. The van der Waals surface area contributed by atoms with Crippen molar-refractivity contribution in [3.63, 3.8) is 0 Å². The number of ether oxygens (including phenoxy) is 2. The fourth-order valence-corrected chi connectivity index (χ4v) is 2.56. The lowest BCUT2D eigenvalue weighted by molar-refractivity contribution is -0.0928. The van der Waals surface area contributed by atoms with Gasteiger partial charge in [0.15, 0.2) is 6.29 Å². The molecule has 0 amide bonds. The summed E-state index contributed by atoms with van der Waals surface area (Å²) >= 11 is 0. The summed E-state index contributed by atoms with van der Waals surface area (Å²) in [5.74, 6) is 1.39. The van der Waals surface area contributed by atoms with E-state index in [9.17, 15) is 0 Å². The van der Waals surface area contributed by atoms with Crippen molar-refractivity contribution in [1.82, 2.24) is 5.32 Å². The van der Waals surface area contributed by atoms with Gasteiger partial charge >= 0.3 is 0 Å². The molecule has 0 radical (unpaired) electrons. The zero-order valence-corrected chi connectivity index (χ0v) is 8.29. The van der Waals surface area contributed by atoms with Crippen molar-refractivity contribution in [1.29, 1.82) is 0 Å². The molecule has 1 N–H and O–H groups in total. The monoisotopic (exact) mass is 185 g/mol. The Balaban J connectivity index is 1.88. The molecule has 2 fully saturated rings. The fraction of sp³-hybridized carbons (Fsp3) is 1.00. The van der Waals surface area contributed by atoms with Gasteiger partial charge in [0.2, 0.25) is 0 Å². The summed E-state index contributed by atoms with van der Waals surface area (Å²) in [6.07, 6.45) is 4.03. The molecule has 1 heterocycles. The highest BCUT2D eigenvalue weighted by atomic mass is 16.7. The van der Waals surface area contributed by atoms with Crippen LogP contribution in [0.5, 0.6) is 0 Å². The molecule has 3 nitrogen and oxygen atoms in total. The third kappa shape index (κ3) is 2.03. The van der Waals surface area contributed by atoms with Crippen LogP contribution >= 0.6 is 0 Å². The van der Waals surface area contributed by atoms with Crippen LogP contribution in [0.2, 0.25) is 0 Å². The fourth-order valence-electron chi connectivity index (χ4n) is 2.56. The summed E-state index contributed by atoms with van der Waals surface area (Å²) in [6, 6.07) is 0. The Morgan fingerprint density at radius 1 is 1.23 bits per heavy atom. The van der Waals surface area contributed by atoms with Crippen LogP contribution in [0.3, 0.4) is 0 Å². The minimum atomic E-state index is 0.0980. The second kappa shape index (κ2) is 4.40. The highest BCUT2D eigenvalue weighted by molar-refractivity contribution is 4.82. The SMILES string of the molecule is CNC[C@@H]1CCC[C@H]1C1OCCO1. The van der Waals surface area contributed by atoms with Crippen LogP contribution in [0.4, 0.5) is 0 Å². The molecule has 0 bridgehead atoms. The van der Waals surface area contributed by atoms with Crippen molar-refractivity contribution in [2.45, 2.75) is 25.6 Å². The second-order valence-electron chi connectivity index (χ2n) is 4.02. The summed E-state index contributed by atoms with van der Waals surface area (Å²) < 4.78 is 11.1. The van der Waals surface area contributed by atoms with Gasteiger partial charge in [0, 0.05) is 5.92 Å². The largest absolute Gasteiger partial charge is 0.350 e. The lowest BCUT2D eigenvalue weighted by Crippen LogP contribution is -2.30. The minimum Gasteiger partial charge on any atom is -0.350 e. The molecule has 1 aliphatic carbocycles. The van der Waals surface area contributed by atoms with Crippen LogP contribution in [0.15, 0.2) is 0 Å². The molecular formula is C10H19NO2. The van der Waals surface area contributed by atoms with E-state index in [2.05, 4.69) is 5.32 Å². The number of hydrogen-bond donors (Lipinski definition) is 1. The molecule has 76 valence electrons. The number of rotatable bonds is 3. The first kappa shape index (κ1) is 9.44. The Kier molecular flexibility index (Phi) is 3.19. The van der Waals surface area contributed by atoms with Crippen LogP contribution in [0, 0.1) is 11.8 Å². The smallest absolute Gasteiger partial charge is 0.160 e. The van der Waals surface area contributed by atoms with E-state index < -0.39 is 0 Å². The van der Waals surface area contributed by atoms with Gasteiger partial charge < -0.3 is 14.8 Å². The van der Waals surface area contributed by atoms with Gasteiger partial charge in [-0.25, -0.2) is 0 Å². The number of hydrogen-bond acceptors (Lipinski definition) is 3. The lowest BCUT2D eigenvalue weighted by Gasteiger charge is -2.23. The first-order valence-corrected chi connectivity index (χ1v) is 5.29. The van der Waals surface area contributed by atoms with Crippen molar-refractivity contribution in [3.8, 4) is 0 Å². The first-order valence-electron chi connectivity index (χ1n) is 5.29. The Bertz CT molecular complexity index is 157. The highest BCUT2D eigenvalue weighted by Gasteiger charge is 2.36. The number of nitrogens with one attached hydrogen (secondary N) is 1. The topological polar surface area (TPSA) is 30.5 Å². The van der Waals surface area contributed by atoms with E-state index in [0.29, 0.717) is 5.92 Å². The van der Waals surface area contributed by atoms with Crippen LogP contribution in [-0.2, 0) is 9.47 Å². The van der Waals surface area contributed by atoms with Gasteiger partial charge in [-0.05, 0) is 32.4 Å². The normalized spacial score (nSPS) is 35.8. The molecule has 2 rings (SSSR count). The Morgan fingerprint density at radius 3 is 2.69 bits per heavy atom. The molecule has 1 saturated heterocycles.